The molecule has 0 radical (unpaired) electrons. The van der Waals surface area contributed by atoms with Crippen LogP contribution in [0, 0.1) is 6.92 Å². The summed E-state index contributed by atoms with van der Waals surface area (Å²) in [5, 5.41) is 2.90. The third-order valence-corrected chi connectivity index (χ3v) is 7.62. The van der Waals surface area contributed by atoms with Gasteiger partial charge in [0, 0.05) is 6.54 Å². The summed E-state index contributed by atoms with van der Waals surface area (Å²) >= 11 is 0. The molecular weight excluding hydrogens is 464 g/mol. The van der Waals surface area contributed by atoms with Gasteiger partial charge in [0.05, 0.1) is 23.7 Å². The van der Waals surface area contributed by atoms with E-state index in [0.717, 1.165) is 23.3 Å². The highest BCUT2D eigenvalue weighted by Gasteiger charge is 2.37. The predicted molar refractivity (Wildman–Crippen MR) is 136 cm³/mol. The number of nitrogens with one attached hydrogen (secondary N) is 1. The number of para-hydroxylation sites is 3. The van der Waals surface area contributed by atoms with E-state index < -0.39 is 16.1 Å². The highest BCUT2D eigenvalue weighted by molar-refractivity contribution is 7.92. The molecule has 1 amide bonds. The quantitative estimate of drug-likeness (QED) is 0.453. The minimum absolute atomic E-state index is 0.105. The van der Waals surface area contributed by atoms with Gasteiger partial charge >= 0.3 is 0 Å². The third kappa shape index (κ3) is 5.59. The monoisotopic (exact) mass is 494 g/mol. The van der Waals surface area contributed by atoms with Crippen molar-refractivity contribution < 1.29 is 22.7 Å². The van der Waals surface area contributed by atoms with Gasteiger partial charge < -0.3 is 14.8 Å². The molecule has 0 saturated carbocycles. The summed E-state index contributed by atoms with van der Waals surface area (Å²) in [4.78, 5) is 13.1. The minimum atomic E-state index is -3.87. The SMILES string of the molecule is CCOc1ccccc1CCCNC(=O)[C@@H]1CN(S(=O)(=O)c2ccc(C)cc2)c2ccccc2O1. The zero-order valence-electron chi connectivity index (χ0n) is 19.9. The summed E-state index contributed by atoms with van der Waals surface area (Å²) in [6.45, 7) is 4.77. The fourth-order valence-electron chi connectivity index (χ4n) is 4.01. The van der Waals surface area contributed by atoms with Crippen LogP contribution in [-0.2, 0) is 21.2 Å². The molecule has 3 aromatic carbocycles. The molecule has 0 bridgehead atoms. The molecule has 3 aromatic rings. The lowest BCUT2D eigenvalue weighted by Gasteiger charge is -2.34. The topological polar surface area (TPSA) is 84.9 Å². The Morgan fingerprint density at radius 2 is 1.77 bits per heavy atom. The van der Waals surface area contributed by atoms with Gasteiger partial charge in [-0.3, -0.25) is 9.10 Å². The van der Waals surface area contributed by atoms with E-state index in [1.54, 1.807) is 48.5 Å². The highest BCUT2D eigenvalue weighted by atomic mass is 32.2. The number of anilines is 1. The lowest BCUT2D eigenvalue weighted by molar-refractivity contribution is -0.127. The first-order valence-corrected chi connectivity index (χ1v) is 13.2. The van der Waals surface area contributed by atoms with Crippen LogP contribution in [0.25, 0.3) is 0 Å². The Balaban J connectivity index is 1.44. The highest BCUT2D eigenvalue weighted by Crippen LogP contribution is 2.36. The first-order valence-electron chi connectivity index (χ1n) is 11.7. The van der Waals surface area contributed by atoms with Crippen LogP contribution in [0.15, 0.2) is 77.7 Å². The summed E-state index contributed by atoms with van der Waals surface area (Å²) in [5.74, 6) is 0.868. The number of hydrogen-bond acceptors (Lipinski definition) is 5. The van der Waals surface area contributed by atoms with Crippen LogP contribution in [0.1, 0.15) is 24.5 Å². The lowest BCUT2D eigenvalue weighted by atomic mass is 10.1. The van der Waals surface area contributed by atoms with E-state index in [1.165, 1.54) is 4.31 Å². The maximum atomic E-state index is 13.5. The van der Waals surface area contributed by atoms with Crippen molar-refractivity contribution in [3.05, 3.63) is 83.9 Å². The molecule has 1 aliphatic rings. The molecule has 0 aliphatic carbocycles. The smallest absolute Gasteiger partial charge is 0.264 e. The van der Waals surface area contributed by atoms with Crippen LogP contribution in [0.5, 0.6) is 11.5 Å². The summed E-state index contributed by atoms with van der Waals surface area (Å²) in [5.41, 5.74) is 2.47. The number of amides is 1. The Hall–Kier alpha value is -3.52. The number of fused-ring (bicyclic) bond motifs is 1. The molecule has 1 heterocycles. The first-order chi connectivity index (χ1) is 16.9. The van der Waals surface area contributed by atoms with Gasteiger partial charge in [0.25, 0.3) is 15.9 Å². The van der Waals surface area contributed by atoms with Crippen LogP contribution in [-0.4, -0.2) is 40.1 Å². The van der Waals surface area contributed by atoms with E-state index in [1.807, 2.05) is 38.1 Å². The lowest BCUT2D eigenvalue weighted by Crippen LogP contribution is -2.50. The molecule has 8 heteroatoms. The van der Waals surface area contributed by atoms with Gasteiger partial charge in [-0.1, -0.05) is 48.0 Å². The van der Waals surface area contributed by atoms with E-state index in [0.29, 0.717) is 31.0 Å². The van der Waals surface area contributed by atoms with Gasteiger partial charge in [-0.15, -0.1) is 0 Å². The van der Waals surface area contributed by atoms with E-state index in [2.05, 4.69) is 5.32 Å². The van der Waals surface area contributed by atoms with Crippen molar-refractivity contribution in [3.8, 4) is 11.5 Å². The Labute approximate surface area is 206 Å². The van der Waals surface area contributed by atoms with Crippen LogP contribution >= 0.6 is 0 Å². The molecule has 4 rings (SSSR count). The fraction of sp³-hybridized carbons (Fsp3) is 0.296. The molecule has 1 N–H and O–H groups in total. The van der Waals surface area contributed by atoms with Crippen LogP contribution < -0.4 is 19.1 Å². The average molecular weight is 495 g/mol. The molecule has 1 atom stereocenters. The Bertz CT molecular complexity index is 1270. The zero-order valence-corrected chi connectivity index (χ0v) is 20.8. The second-order valence-electron chi connectivity index (χ2n) is 8.36. The maximum Gasteiger partial charge on any atom is 0.264 e. The fourth-order valence-corrected chi connectivity index (χ4v) is 5.49. The number of hydrogen-bond donors (Lipinski definition) is 1. The van der Waals surface area contributed by atoms with Crippen molar-refractivity contribution in [2.75, 3.05) is 24.0 Å². The van der Waals surface area contributed by atoms with Crippen LogP contribution in [0.2, 0.25) is 0 Å². The summed E-state index contributed by atoms with van der Waals surface area (Å²) < 4.78 is 39.7. The Morgan fingerprint density at radius 1 is 1.06 bits per heavy atom. The van der Waals surface area contributed by atoms with Crippen LogP contribution in [0.3, 0.4) is 0 Å². The van der Waals surface area contributed by atoms with E-state index in [4.69, 9.17) is 9.47 Å². The van der Waals surface area contributed by atoms with Gasteiger partial charge in [0.15, 0.2) is 6.10 Å². The third-order valence-electron chi connectivity index (χ3n) is 5.83. The second kappa shape index (κ2) is 10.8. The van der Waals surface area contributed by atoms with Crippen LogP contribution in [0.4, 0.5) is 5.69 Å². The maximum absolute atomic E-state index is 13.5. The van der Waals surface area contributed by atoms with Gasteiger partial charge in [-0.05, 0) is 62.6 Å². The van der Waals surface area contributed by atoms with Gasteiger partial charge in [0.1, 0.15) is 11.5 Å². The molecule has 0 aromatic heterocycles. The van der Waals surface area contributed by atoms with Crippen molar-refractivity contribution in [2.45, 2.75) is 37.7 Å². The molecule has 0 fully saturated rings. The average Bonchev–Trinajstić information content (AvgIpc) is 2.87. The van der Waals surface area contributed by atoms with E-state index in [9.17, 15) is 13.2 Å². The van der Waals surface area contributed by atoms with Crippen molar-refractivity contribution in [3.63, 3.8) is 0 Å². The molecule has 0 spiro atoms. The van der Waals surface area contributed by atoms with Crippen molar-refractivity contribution in [1.82, 2.24) is 5.32 Å². The summed E-state index contributed by atoms with van der Waals surface area (Å²) in [7, 11) is -3.87. The largest absolute Gasteiger partial charge is 0.494 e. The molecule has 0 unspecified atom stereocenters. The molecular formula is C27H30N2O5S. The van der Waals surface area contributed by atoms with E-state index >= 15 is 0 Å². The molecule has 0 saturated heterocycles. The number of sulfonamides is 1. The molecule has 35 heavy (non-hydrogen) atoms. The first kappa shape index (κ1) is 24.6. The summed E-state index contributed by atoms with van der Waals surface area (Å²) in [6.07, 6.45) is 0.504. The number of rotatable bonds is 9. The molecule has 7 nitrogen and oxygen atoms in total. The summed E-state index contributed by atoms with van der Waals surface area (Å²) in [6, 6.07) is 21.4. The predicted octanol–water partition coefficient (Wildman–Crippen LogP) is 4.10. The number of nitrogens with zero attached hydrogens (tertiary/aromatic N) is 1. The molecule has 184 valence electrons. The normalized spacial score (nSPS) is 15.1. The Kier molecular flexibility index (Phi) is 7.60. The number of aryl methyl sites for hydroxylation is 2. The zero-order chi connectivity index (χ0) is 24.8. The minimum Gasteiger partial charge on any atom is -0.494 e. The van der Waals surface area contributed by atoms with Crippen molar-refractivity contribution in [2.24, 2.45) is 0 Å². The number of carbonyl (C=O) groups is 1. The van der Waals surface area contributed by atoms with Gasteiger partial charge in [-0.25, -0.2) is 8.42 Å². The number of carbonyl (C=O) groups excluding carboxylic acids is 1. The second-order valence-corrected chi connectivity index (χ2v) is 10.2. The Morgan fingerprint density at radius 3 is 2.54 bits per heavy atom. The standard InChI is InChI=1S/C27H30N2O5S/c1-3-33-24-12-6-4-9-21(24)10-8-18-28-27(30)26-19-29(23-11-5-7-13-25(23)34-26)35(31,32)22-16-14-20(2)15-17-22/h4-7,9,11-17,26H,3,8,10,18-19H2,1-2H3,(H,28,30)/t26-/m0/s1. The molecule has 1 aliphatic heterocycles. The number of benzene rings is 3. The van der Waals surface area contributed by atoms with Crippen molar-refractivity contribution in [1.29, 1.82) is 0 Å². The van der Waals surface area contributed by atoms with Crippen molar-refractivity contribution >= 4 is 21.6 Å². The van der Waals surface area contributed by atoms with E-state index in [-0.39, 0.29) is 17.3 Å². The van der Waals surface area contributed by atoms with Gasteiger partial charge in [-0.2, -0.15) is 0 Å². The van der Waals surface area contributed by atoms with Gasteiger partial charge in [0.2, 0.25) is 0 Å². The number of ether oxygens (including phenoxy) is 2.